The van der Waals surface area contributed by atoms with E-state index < -0.39 is 0 Å². The minimum absolute atomic E-state index is 0.782. The Kier molecular flexibility index (Phi) is 4.90. The van der Waals surface area contributed by atoms with Crippen molar-refractivity contribution < 1.29 is 0 Å². The predicted octanol–water partition coefficient (Wildman–Crippen LogP) is 0.814. The second kappa shape index (κ2) is 6.46. The average Bonchev–Trinajstić information content (AvgIpc) is 2.79. The van der Waals surface area contributed by atoms with E-state index in [0.29, 0.717) is 0 Å². The lowest BCUT2D eigenvalue weighted by Crippen LogP contribution is -2.40. The summed E-state index contributed by atoms with van der Waals surface area (Å²) in [5.41, 5.74) is 0. The molecule has 2 aliphatic heterocycles. The van der Waals surface area contributed by atoms with Crippen LogP contribution in [0.2, 0.25) is 0 Å². The van der Waals surface area contributed by atoms with Gasteiger partial charge in [-0.2, -0.15) is 0 Å². The molecule has 0 saturated carbocycles. The molecule has 0 atom stereocenters. The predicted molar refractivity (Wildman–Crippen MR) is 64.2 cm³/mol. The highest BCUT2D eigenvalue weighted by molar-refractivity contribution is 4.74. The van der Waals surface area contributed by atoms with Gasteiger partial charge in [0.1, 0.15) is 0 Å². The molecule has 0 aromatic heterocycles. The van der Waals surface area contributed by atoms with Crippen LogP contribution in [-0.4, -0.2) is 50.2 Å². The quantitative estimate of drug-likeness (QED) is 0.659. The minimum atomic E-state index is 0.782. The second-order valence-electron chi connectivity index (χ2n) is 4.88. The number of piperidine rings is 1. The van der Waals surface area contributed by atoms with E-state index in [4.69, 9.17) is 0 Å². The highest BCUT2D eigenvalue weighted by Gasteiger charge is 2.13. The standard InChI is InChI=1S/C12H25N3/c1-2-10-15(9-1)11-3-6-14-12-4-7-13-8-5-12/h12-14H,1-11H2. The molecule has 88 valence electrons. The lowest BCUT2D eigenvalue weighted by molar-refractivity contribution is 0.319. The van der Waals surface area contributed by atoms with Gasteiger partial charge in [-0.05, 0) is 71.4 Å². The van der Waals surface area contributed by atoms with Gasteiger partial charge in [0.15, 0.2) is 0 Å². The van der Waals surface area contributed by atoms with Gasteiger partial charge in [0.05, 0.1) is 0 Å². The summed E-state index contributed by atoms with van der Waals surface area (Å²) < 4.78 is 0. The SMILES string of the molecule is C1CCN(CCCNC2CCNCC2)C1. The molecule has 2 rings (SSSR count). The smallest absolute Gasteiger partial charge is 0.00912 e. The number of rotatable bonds is 5. The molecule has 0 radical (unpaired) electrons. The van der Waals surface area contributed by atoms with Crippen LogP contribution in [0, 0.1) is 0 Å². The van der Waals surface area contributed by atoms with Gasteiger partial charge >= 0.3 is 0 Å². The highest BCUT2D eigenvalue weighted by atomic mass is 15.1. The second-order valence-corrected chi connectivity index (χ2v) is 4.88. The van der Waals surface area contributed by atoms with Crippen LogP contribution in [0.4, 0.5) is 0 Å². The molecule has 2 N–H and O–H groups in total. The van der Waals surface area contributed by atoms with E-state index in [0.717, 1.165) is 6.04 Å². The summed E-state index contributed by atoms with van der Waals surface area (Å²) >= 11 is 0. The molecule has 0 unspecified atom stereocenters. The number of hydrogen-bond donors (Lipinski definition) is 2. The normalized spacial score (nSPS) is 24.8. The summed E-state index contributed by atoms with van der Waals surface area (Å²) in [5.74, 6) is 0. The minimum Gasteiger partial charge on any atom is -0.317 e. The molecule has 2 aliphatic rings. The van der Waals surface area contributed by atoms with E-state index in [1.54, 1.807) is 0 Å². The lowest BCUT2D eigenvalue weighted by atomic mass is 10.1. The van der Waals surface area contributed by atoms with E-state index in [1.807, 2.05) is 0 Å². The average molecular weight is 211 g/mol. The fourth-order valence-electron chi connectivity index (χ4n) is 2.64. The number of nitrogens with one attached hydrogen (secondary N) is 2. The zero-order valence-corrected chi connectivity index (χ0v) is 9.80. The molecule has 0 spiro atoms. The van der Waals surface area contributed by atoms with E-state index >= 15 is 0 Å². The summed E-state index contributed by atoms with van der Waals surface area (Å²) in [6.07, 6.45) is 6.78. The Bertz CT molecular complexity index is 160. The van der Waals surface area contributed by atoms with E-state index in [1.165, 1.54) is 71.4 Å². The van der Waals surface area contributed by atoms with E-state index in [-0.39, 0.29) is 0 Å². The Labute approximate surface area is 93.6 Å². The Morgan fingerprint density at radius 3 is 2.60 bits per heavy atom. The topological polar surface area (TPSA) is 27.3 Å². The Balaban J connectivity index is 1.47. The van der Waals surface area contributed by atoms with Crippen LogP contribution in [0.15, 0.2) is 0 Å². The van der Waals surface area contributed by atoms with Crippen molar-refractivity contribution in [2.75, 3.05) is 39.3 Å². The third-order valence-corrected chi connectivity index (χ3v) is 3.62. The molecule has 2 saturated heterocycles. The third-order valence-electron chi connectivity index (χ3n) is 3.62. The van der Waals surface area contributed by atoms with Crippen LogP contribution in [-0.2, 0) is 0 Å². The van der Waals surface area contributed by atoms with Gasteiger partial charge < -0.3 is 15.5 Å². The monoisotopic (exact) mass is 211 g/mol. The molecule has 3 heteroatoms. The maximum Gasteiger partial charge on any atom is 0.00912 e. The molecule has 15 heavy (non-hydrogen) atoms. The van der Waals surface area contributed by atoms with Crippen LogP contribution in [0.1, 0.15) is 32.1 Å². The third kappa shape index (κ3) is 4.09. The van der Waals surface area contributed by atoms with Crippen LogP contribution < -0.4 is 10.6 Å². The van der Waals surface area contributed by atoms with Gasteiger partial charge in [0.25, 0.3) is 0 Å². The van der Waals surface area contributed by atoms with Crippen molar-refractivity contribution in [1.29, 1.82) is 0 Å². The summed E-state index contributed by atoms with van der Waals surface area (Å²) in [4.78, 5) is 2.60. The van der Waals surface area contributed by atoms with Crippen molar-refractivity contribution in [2.24, 2.45) is 0 Å². The zero-order valence-electron chi connectivity index (χ0n) is 9.80. The summed E-state index contributed by atoms with van der Waals surface area (Å²) in [6.45, 7) is 7.59. The highest BCUT2D eigenvalue weighted by Crippen LogP contribution is 2.07. The van der Waals surface area contributed by atoms with Crippen molar-refractivity contribution in [1.82, 2.24) is 15.5 Å². The Hall–Kier alpha value is -0.120. The maximum absolute atomic E-state index is 3.68. The summed E-state index contributed by atoms with van der Waals surface area (Å²) in [6, 6.07) is 0.782. The fourth-order valence-corrected chi connectivity index (χ4v) is 2.64. The first-order valence-electron chi connectivity index (χ1n) is 6.61. The van der Waals surface area contributed by atoms with Crippen LogP contribution >= 0.6 is 0 Å². The summed E-state index contributed by atoms with van der Waals surface area (Å²) in [7, 11) is 0. The lowest BCUT2D eigenvalue weighted by Gasteiger charge is -2.24. The van der Waals surface area contributed by atoms with Crippen LogP contribution in [0.25, 0.3) is 0 Å². The maximum atomic E-state index is 3.68. The molecule has 0 aromatic carbocycles. The first kappa shape index (κ1) is 11.4. The summed E-state index contributed by atoms with van der Waals surface area (Å²) in [5, 5.41) is 7.08. The fraction of sp³-hybridized carbons (Fsp3) is 1.00. The van der Waals surface area contributed by atoms with Gasteiger partial charge in [0, 0.05) is 6.04 Å². The van der Waals surface area contributed by atoms with Gasteiger partial charge in [-0.1, -0.05) is 0 Å². The van der Waals surface area contributed by atoms with Crippen LogP contribution in [0.3, 0.4) is 0 Å². The first-order chi connectivity index (χ1) is 7.45. The molecular formula is C12H25N3. The molecule has 0 bridgehead atoms. The Morgan fingerprint density at radius 2 is 1.87 bits per heavy atom. The molecule has 0 aliphatic carbocycles. The van der Waals surface area contributed by atoms with Gasteiger partial charge in [0.2, 0.25) is 0 Å². The number of nitrogens with zero attached hydrogens (tertiary/aromatic N) is 1. The van der Waals surface area contributed by atoms with Crippen molar-refractivity contribution in [2.45, 2.75) is 38.1 Å². The Morgan fingerprint density at radius 1 is 1.13 bits per heavy atom. The number of likely N-dealkylation sites (tertiary alicyclic amines) is 1. The van der Waals surface area contributed by atoms with Gasteiger partial charge in [-0.25, -0.2) is 0 Å². The van der Waals surface area contributed by atoms with Gasteiger partial charge in [-0.15, -0.1) is 0 Å². The van der Waals surface area contributed by atoms with Crippen molar-refractivity contribution in [3.63, 3.8) is 0 Å². The molecule has 3 nitrogen and oxygen atoms in total. The molecule has 0 amide bonds. The van der Waals surface area contributed by atoms with Crippen molar-refractivity contribution in [3.05, 3.63) is 0 Å². The van der Waals surface area contributed by atoms with Crippen molar-refractivity contribution >= 4 is 0 Å². The molecule has 0 aromatic rings. The van der Waals surface area contributed by atoms with E-state index in [2.05, 4.69) is 15.5 Å². The van der Waals surface area contributed by atoms with Gasteiger partial charge in [-0.3, -0.25) is 0 Å². The molecule has 2 fully saturated rings. The number of hydrogen-bond acceptors (Lipinski definition) is 3. The molecule has 2 heterocycles. The van der Waals surface area contributed by atoms with Crippen molar-refractivity contribution in [3.8, 4) is 0 Å². The van der Waals surface area contributed by atoms with E-state index in [9.17, 15) is 0 Å². The first-order valence-corrected chi connectivity index (χ1v) is 6.61. The van der Waals surface area contributed by atoms with Crippen LogP contribution in [0.5, 0.6) is 0 Å². The molecular weight excluding hydrogens is 186 g/mol. The largest absolute Gasteiger partial charge is 0.317 e. The zero-order chi connectivity index (χ0) is 10.3.